The molecule has 34 heavy (non-hydrogen) atoms. The average molecular weight is 472 g/mol. The summed E-state index contributed by atoms with van der Waals surface area (Å²) in [6.07, 6.45) is 0.554. The number of aldehydes is 1. The van der Waals surface area contributed by atoms with E-state index in [-0.39, 0.29) is 5.91 Å². The molecule has 3 heterocycles. The summed E-state index contributed by atoms with van der Waals surface area (Å²) in [6, 6.07) is 14.7. The second-order valence-corrected chi connectivity index (χ2v) is 8.66. The minimum Gasteiger partial charge on any atom is -0.358 e. The molecule has 0 saturated carbocycles. The molecule has 4 rings (SSSR count). The smallest absolute Gasteiger partial charge is 0.358 e. The van der Waals surface area contributed by atoms with Gasteiger partial charge >= 0.3 is 6.18 Å². The zero-order chi connectivity index (χ0) is 24.7. The van der Waals surface area contributed by atoms with Crippen LogP contribution in [0, 0.1) is 5.92 Å². The number of amides is 1. The van der Waals surface area contributed by atoms with Crippen LogP contribution in [0.2, 0.25) is 0 Å². The van der Waals surface area contributed by atoms with Crippen LogP contribution in [0.1, 0.15) is 48.3 Å². The third kappa shape index (κ3) is 7.04. The van der Waals surface area contributed by atoms with Crippen LogP contribution in [0.25, 0.3) is 22.5 Å². The zero-order valence-electron chi connectivity index (χ0n) is 19.2. The Balaban J connectivity index is 0.000000481. The van der Waals surface area contributed by atoms with Crippen molar-refractivity contribution in [3.05, 3.63) is 65.5 Å². The summed E-state index contributed by atoms with van der Waals surface area (Å²) >= 11 is 0. The maximum Gasteiger partial charge on any atom is 0.446 e. The van der Waals surface area contributed by atoms with E-state index in [2.05, 4.69) is 59.5 Å². The Kier molecular flexibility index (Phi) is 8.26. The lowest BCUT2D eigenvalue weighted by molar-refractivity contribution is -0.156. The predicted octanol–water partition coefficient (Wildman–Crippen LogP) is 5.76. The third-order valence-corrected chi connectivity index (χ3v) is 5.48. The predicted molar refractivity (Wildman–Crippen MR) is 125 cm³/mol. The molecule has 0 aliphatic carbocycles. The fraction of sp³-hybridized carbons (Fsp3) is 0.346. The molecule has 0 saturated heterocycles. The standard InChI is InChI=1S/C24H27N3O.C2HF3O/c1-16(2)5-3-6-17-7-4-8-18(13-17)22-14-19(9-11-25-22)23-15-20-21(27-23)10-12-26-24(20)28;3-2(4,5)1-6/h4,7-9,11,13-16,27H,3,5-6,10,12H2,1-2H3,(H,26,28);1H. The van der Waals surface area contributed by atoms with Gasteiger partial charge in [-0.2, -0.15) is 13.2 Å². The van der Waals surface area contributed by atoms with Crippen molar-refractivity contribution in [3.63, 3.8) is 0 Å². The molecule has 2 N–H and O–H groups in total. The van der Waals surface area contributed by atoms with Crippen LogP contribution < -0.4 is 5.32 Å². The summed E-state index contributed by atoms with van der Waals surface area (Å²) in [5.74, 6) is 0.752. The lowest BCUT2D eigenvalue weighted by Gasteiger charge is -2.11. The van der Waals surface area contributed by atoms with Crippen molar-refractivity contribution in [2.45, 2.75) is 45.7 Å². The normalized spacial score (nSPS) is 13.1. The van der Waals surface area contributed by atoms with Gasteiger partial charge in [-0.15, -0.1) is 0 Å². The van der Waals surface area contributed by atoms with Crippen molar-refractivity contribution in [2.24, 2.45) is 5.92 Å². The molecule has 0 radical (unpaired) electrons. The van der Waals surface area contributed by atoms with Gasteiger partial charge in [0.25, 0.3) is 5.91 Å². The summed E-state index contributed by atoms with van der Waals surface area (Å²) in [5, 5.41) is 2.90. The van der Waals surface area contributed by atoms with E-state index in [1.165, 1.54) is 18.4 Å². The second kappa shape index (κ2) is 11.1. The van der Waals surface area contributed by atoms with E-state index in [0.717, 1.165) is 52.5 Å². The molecule has 1 aromatic carbocycles. The largest absolute Gasteiger partial charge is 0.446 e. The SMILES string of the molecule is CC(C)CCCc1cccc(-c2cc(-c3cc4c([nH]3)CCNC4=O)ccn2)c1.O=CC(F)(F)F. The van der Waals surface area contributed by atoms with Crippen molar-refractivity contribution >= 4 is 12.2 Å². The molecule has 8 heteroatoms. The van der Waals surface area contributed by atoms with Gasteiger partial charge in [-0.1, -0.05) is 38.5 Å². The van der Waals surface area contributed by atoms with Crippen molar-refractivity contribution in [2.75, 3.05) is 6.54 Å². The summed E-state index contributed by atoms with van der Waals surface area (Å²) < 4.78 is 31.2. The Morgan fingerprint density at radius 3 is 2.56 bits per heavy atom. The molecule has 1 aliphatic heterocycles. The van der Waals surface area contributed by atoms with Crippen LogP contribution in [0.3, 0.4) is 0 Å². The third-order valence-electron chi connectivity index (χ3n) is 5.48. The quantitative estimate of drug-likeness (QED) is 0.449. The first-order valence-electron chi connectivity index (χ1n) is 11.2. The molecule has 0 spiro atoms. The number of nitrogens with zero attached hydrogens (tertiary/aromatic N) is 1. The van der Waals surface area contributed by atoms with Gasteiger partial charge in [0.05, 0.1) is 11.3 Å². The Labute approximate surface area is 196 Å². The molecule has 0 unspecified atom stereocenters. The highest BCUT2D eigenvalue weighted by Crippen LogP contribution is 2.27. The fourth-order valence-corrected chi connectivity index (χ4v) is 3.81. The van der Waals surface area contributed by atoms with E-state index in [1.54, 1.807) is 0 Å². The van der Waals surface area contributed by atoms with Crippen LogP contribution in [0.5, 0.6) is 0 Å². The number of aromatic amines is 1. The Morgan fingerprint density at radius 1 is 1.12 bits per heavy atom. The number of rotatable bonds is 6. The molecule has 5 nitrogen and oxygen atoms in total. The van der Waals surface area contributed by atoms with Crippen LogP contribution in [0.4, 0.5) is 13.2 Å². The monoisotopic (exact) mass is 471 g/mol. The number of hydrogen-bond donors (Lipinski definition) is 2. The highest BCUT2D eigenvalue weighted by molar-refractivity contribution is 5.97. The number of benzene rings is 1. The Bertz CT molecular complexity index is 1140. The van der Waals surface area contributed by atoms with Gasteiger partial charge in [-0.05, 0) is 48.6 Å². The molecular formula is C26H28F3N3O2. The maximum atomic E-state index is 12.0. The maximum absolute atomic E-state index is 12.0. The highest BCUT2D eigenvalue weighted by atomic mass is 19.4. The topological polar surface area (TPSA) is 74.8 Å². The first kappa shape index (κ1) is 25.2. The molecule has 180 valence electrons. The number of alkyl halides is 3. The van der Waals surface area contributed by atoms with E-state index < -0.39 is 12.5 Å². The van der Waals surface area contributed by atoms with Crippen LogP contribution in [-0.4, -0.2) is 34.9 Å². The number of fused-ring (bicyclic) bond motifs is 1. The summed E-state index contributed by atoms with van der Waals surface area (Å²) in [7, 11) is 0. The fourth-order valence-electron chi connectivity index (χ4n) is 3.81. The number of carbonyl (C=O) groups excluding carboxylic acids is 2. The van der Waals surface area contributed by atoms with Gasteiger partial charge < -0.3 is 10.3 Å². The molecule has 1 aliphatic rings. The number of nitrogens with one attached hydrogen (secondary N) is 2. The number of aryl methyl sites for hydroxylation is 1. The molecule has 0 fully saturated rings. The highest BCUT2D eigenvalue weighted by Gasteiger charge is 2.25. The average Bonchev–Trinajstić information content (AvgIpc) is 3.25. The zero-order valence-corrected chi connectivity index (χ0v) is 19.2. The van der Waals surface area contributed by atoms with E-state index in [4.69, 9.17) is 4.79 Å². The van der Waals surface area contributed by atoms with Crippen molar-refractivity contribution in [1.29, 1.82) is 0 Å². The summed E-state index contributed by atoms with van der Waals surface area (Å²) in [6.45, 7) is 5.23. The van der Waals surface area contributed by atoms with Gasteiger partial charge in [-0.3, -0.25) is 14.6 Å². The van der Waals surface area contributed by atoms with Gasteiger partial charge in [0.15, 0.2) is 0 Å². The van der Waals surface area contributed by atoms with Gasteiger partial charge in [0.2, 0.25) is 6.29 Å². The lowest BCUT2D eigenvalue weighted by atomic mass is 9.99. The van der Waals surface area contributed by atoms with E-state index in [0.29, 0.717) is 6.54 Å². The number of H-pyrrole nitrogens is 1. The Morgan fingerprint density at radius 2 is 1.88 bits per heavy atom. The number of halogens is 3. The minimum absolute atomic E-state index is 0.00660. The first-order valence-corrected chi connectivity index (χ1v) is 11.2. The summed E-state index contributed by atoms with van der Waals surface area (Å²) in [5.41, 5.74) is 7.25. The molecule has 1 amide bonds. The van der Waals surface area contributed by atoms with Gasteiger partial charge in [0, 0.05) is 41.7 Å². The Hall–Kier alpha value is -3.42. The lowest BCUT2D eigenvalue weighted by Crippen LogP contribution is -2.31. The number of aromatic nitrogens is 2. The van der Waals surface area contributed by atoms with Gasteiger partial charge in [-0.25, -0.2) is 0 Å². The van der Waals surface area contributed by atoms with Crippen molar-refractivity contribution in [3.8, 4) is 22.5 Å². The van der Waals surface area contributed by atoms with Gasteiger partial charge in [0.1, 0.15) is 0 Å². The molecular weight excluding hydrogens is 443 g/mol. The number of carbonyl (C=O) groups is 2. The van der Waals surface area contributed by atoms with Crippen molar-refractivity contribution < 1.29 is 22.8 Å². The molecule has 0 atom stereocenters. The van der Waals surface area contributed by atoms with Crippen LogP contribution >= 0.6 is 0 Å². The van der Waals surface area contributed by atoms with E-state index in [1.807, 2.05) is 18.3 Å². The van der Waals surface area contributed by atoms with E-state index in [9.17, 15) is 18.0 Å². The number of pyridine rings is 1. The first-order chi connectivity index (χ1) is 16.2. The number of hydrogen-bond acceptors (Lipinski definition) is 3. The van der Waals surface area contributed by atoms with Crippen LogP contribution in [0.15, 0.2) is 48.7 Å². The molecule has 2 aromatic heterocycles. The van der Waals surface area contributed by atoms with Crippen molar-refractivity contribution in [1.82, 2.24) is 15.3 Å². The van der Waals surface area contributed by atoms with Crippen LogP contribution in [-0.2, 0) is 17.6 Å². The van der Waals surface area contributed by atoms with E-state index >= 15 is 0 Å². The molecule has 3 aromatic rings. The molecule has 0 bridgehead atoms. The second-order valence-electron chi connectivity index (χ2n) is 8.66. The summed E-state index contributed by atoms with van der Waals surface area (Å²) in [4.78, 5) is 28.8. The minimum atomic E-state index is -4.64.